The molecular weight excluding hydrogens is 258 g/mol. The van der Waals surface area contributed by atoms with E-state index in [4.69, 9.17) is 4.42 Å². The van der Waals surface area contributed by atoms with Crippen molar-refractivity contribution < 1.29 is 4.42 Å². The van der Waals surface area contributed by atoms with Gasteiger partial charge in [0.15, 0.2) is 6.39 Å². The summed E-state index contributed by atoms with van der Waals surface area (Å²) in [5.74, 6) is 0.809. The number of aryl methyl sites for hydroxylation is 1. The molecule has 0 bridgehead atoms. The first-order valence-electron chi connectivity index (χ1n) is 4.49. The van der Waals surface area contributed by atoms with Gasteiger partial charge in [-0.3, -0.25) is 0 Å². The molecule has 4 nitrogen and oxygen atoms in total. The summed E-state index contributed by atoms with van der Waals surface area (Å²) in [5, 5.41) is 3.16. The highest BCUT2D eigenvalue weighted by Crippen LogP contribution is 2.20. The minimum Gasteiger partial charge on any atom is -0.451 e. The van der Waals surface area contributed by atoms with Crippen LogP contribution in [-0.4, -0.2) is 9.97 Å². The Hall–Kier alpha value is -1.36. The van der Waals surface area contributed by atoms with Crippen LogP contribution >= 0.6 is 15.9 Å². The first kappa shape index (κ1) is 10.2. The summed E-state index contributed by atoms with van der Waals surface area (Å²) in [7, 11) is 0. The second kappa shape index (κ2) is 4.44. The molecule has 15 heavy (non-hydrogen) atoms. The standard InChI is InChI=1S/C10H10BrN3O/c1-7-2-9(11)10(12-3-7)13-4-8-5-15-6-14-8/h2-3,5-6H,4H2,1H3,(H,12,13). The number of rotatable bonds is 3. The number of hydrogen-bond donors (Lipinski definition) is 1. The third-order valence-electron chi connectivity index (χ3n) is 1.90. The summed E-state index contributed by atoms with van der Waals surface area (Å²) in [5.41, 5.74) is 1.97. The predicted molar refractivity (Wildman–Crippen MR) is 60.5 cm³/mol. The van der Waals surface area contributed by atoms with E-state index in [0.29, 0.717) is 6.54 Å². The summed E-state index contributed by atoms with van der Waals surface area (Å²) in [6, 6.07) is 2.01. The molecule has 0 aliphatic rings. The fourth-order valence-electron chi connectivity index (χ4n) is 1.16. The van der Waals surface area contributed by atoms with E-state index in [0.717, 1.165) is 21.5 Å². The molecular formula is C10H10BrN3O. The van der Waals surface area contributed by atoms with Gasteiger partial charge in [0.05, 0.1) is 16.7 Å². The van der Waals surface area contributed by atoms with Crippen LogP contribution in [0.3, 0.4) is 0 Å². The lowest BCUT2D eigenvalue weighted by molar-refractivity contribution is 0.556. The zero-order chi connectivity index (χ0) is 10.7. The molecule has 0 unspecified atom stereocenters. The smallest absolute Gasteiger partial charge is 0.180 e. The maximum Gasteiger partial charge on any atom is 0.180 e. The second-order valence-corrected chi connectivity index (χ2v) is 4.03. The molecule has 0 aliphatic carbocycles. The maximum atomic E-state index is 4.87. The van der Waals surface area contributed by atoms with Gasteiger partial charge in [-0.05, 0) is 34.5 Å². The average Bonchev–Trinajstić information content (AvgIpc) is 2.69. The topological polar surface area (TPSA) is 51.0 Å². The summed E-state index contributed by atoms with van der Waals surface area (Å²) < 4.78 is 5.82. The van der Waals surface area contributed by atoms with Crippen LogP contribution in [0.5, 0.6) is 0 Å². The van der Waals surface area contributed by atoms with Gasteiger partial charge in [0.25, 0.3) is 0 Å². The quantitative estimate of drug-likeness (QED) is 0.929. The van der Waals surface area contributed by atoms with Crippen molar-refractivity contribution in [1.82, 2.24) is 9.97 Å². The molecule has 2 heterocycles. The Labute approximate surface area is 95.9 Å². The molecule has 0 aromatic carbocycles. The van der Waals surface area contributed by atoms with Crippen molar-refractivity contribution in [3.63, 3.8) is 0 Å². The van der Waals surface area contributed by atoms with Crippen LogP contribution < -0.4 is 5.32 Å². The van der Waals surface area contributed by atoms with E-state index in [1.54, 1.807) is 6.26 Å². The zero-order valence-corrected chi connectivity index (χ0v) is 9.78. The van der Waals surface area contributed by atoms with Gasteiger partial charge in [0.1, 0.15) is 12.1 Å². The second-order valence-electron chi connectivity index (χ2n) is 3.18. The van der Waals surface area contributed by atoms with Crippen molar-refractivity contribution >= 4 is 21.7 Å². The van der Waals surface area contributed by atoms with Crippen LogP contribution in [0.4, 0.5) is 5.82 Å². The first-order valence-corrected chi connectivity index (χ1v) is 5.28. The molecule has 2 rings (SSSR count). The molecule has 0 radical (unpaired) electrons. The number of aromatic nitrogens is 2. The van der Waals surface area contributed by atoms with Crippen molar-refractivity contribution in [3.05, 3.63) is 40.7 Å². The van der Waals surface area contributed by atoms with Crippen LogP contribution in [0.1, 0.15) is 11.3 Å². The minimum absolute atomic E-state index is 0.602. The van der Waals surface area contributed by atoms with Crippen molar-refractivity contribution in [2.24, 2.45) is 0 Å². The Bertz CT molecular complexity index is 442. The molecule has 0 amide bonds. The lowest BCUT2D eigenvalue weighted by Gasteiger charge is -2.05. The molecule has 0 saturated heterocycles. The lowest BCUT2D eigenvalue weighted by Crippen LogP contribution is -2.02. The normalized spacial score (nSPS) is 10.3. The van der Waals surface area contributed by atoms with Gasteiger partial charge < -0.3 is 9.73 Å². The highest BCUT2D eigenvalue weighted by molar-refractivity contribution is 9.10. The van der Waals surface area contributed by atoms with E-state index in [1.165, 1.54) is 6.39 Å². The summed E-state index contributed by atoms with van der Waals surface area (Å²) in [4.78, 5) is 8.27. The van der Waals surface area contributed by atoms with Gasteiger partial charge >= 0.3 is 0 Å². The Kier molecular flexibility index (Phi) is 3.01. The number of nitrogens with zero attached hydrogens (tertiary/aromatic N) is 2. The van der Waals surface area contributed by atoms with E-state index in [-0.39, 0.29) is 0 Å². The molecule has 2 aromatic rings. The predicted octanol–water partition coefficient (Wildman–Crippen LogP) is 2.75. The molecule has 0 saturated carbocycles. The summed E-state index contributed by atoms with van der Waals surface area (Å²) in [6.45, 7) is 2.60. The summed E-state index contributed by atoms with van der Waals surface area (Å²) >= 11 is 3.44. The monoisotopic (exact) mass is 267 g/mol. The number of anilines is 1. The van der Waals surface area contributed by atoms with Gasteiger partial charge in [-0.15, -0.1) is 0 Å². The molecule has 78 valence electrons. The molecule has 0 spiro atoms. The third-order valence-corrected chi connectivity index (χ3v) is 2.50. The molecule has 0 fully saturated rings. The lowest BCUT2D eigenvalue weighted by atomic mass is 10.3. The molecule has 0 aliphatic heterocycles. The largest absolute Gasteiger partial charge is 0.451 e. The summed E-state index contributed by atoms with van der Waals surface area (Å²) in [6.07, 6.45) is 4.83. The molecule has 0 atom stereocenters. The van der Waals surface area contributed by atoms with E-state index in [9.17, 15) is 0 Å². The maximum absolute atomic E-state index is 4.87. The minimum atomic E-state index is 0.602. The van der Waals surface area contributed by atoms with Crippen LogP contribution in [0.2, 0.25) is 0 Å². The van der Waals surface area contributed by atoms with E-state index in [2.05, 4.69) is 31.2 Å². The Morgan fingerprint density at radius 2 is 2.33 bits per heavy atom. The molecule has 5 heteroatoms. The fraction of sp³-hybridized carbons (Fsp3) is 0.200. The number of oxazole rings is 1. The van der Waals surface area contributed by atoms with Crippen LogP contribution in [0, 0.1) is 6.92 Å². The van der Waals surface area contributed by atoms with Crippen molar-refractivity contribution in [2.75, 3.05) is 5.32 Å². The van der Waals surface area contributed by atoms with Crippen LogP contribution in [-0.2, 0) is 6.54 Å². The Morgan fingerprint density at radius 1 is 1.47 bits per heavy atom. The fourth-order valence-corrected chi connectivity index (χ4v) is 1.77. The Morgan fingerprint density at radius 3 is 3.00 bits per heavy atom. The number of hydrogen-bond acceptors (Lipinski definition) is 4. The highest BCUT2D eigenvalue weighted by atomic mass is 79.9. The highest BCUT2D eigenvalue weighted by Gasteiger charge is 2.02. The molecule has 1 N–H and O–H groups in total. The van der Waals surface area contributed by atoms with E-state index in [1.807, 2.05) is 19.2 Å². The van der Waals surface area contributed by atoms with Gasteiger partial charge in [-0.25, -0.2) is 9.97 Å². The van der Waals surface area contributed by atoms with Crippen LogP contribution in [0.25, 0.3) is 0 Å². The van der Waals surface area contributed by atoms with Gasteiger partial charge in [0, 0.05) is 6.20 Å². The van der Waals surface area contributed by atoms with Gasteiger partial charge in [0.2, 0.25) is 0 Å². The van der Waals surface area contributed by atoms with E-state index >= 15 is 0 Å². The third kappa shape index (κ3) is 2.56. The van der Waals surface area contributed by atoms with Crippen molar-refractivity contribution in [2.45, 2.75) is 13.5 Å². The van der Waals surface area contributed by atoms with Crippen LogP contribution in [0.15, 0.2) is 33.8 Å². The van der Waals surface area contributed by atoms with Crippen molar-refractivity contribution in [3.8, 4) is 0 Å². The average molecular weight is 268 g/mol. The van der Waals surface area contributed by atoms with Crippen molar-refractivity contribution in [1.29, 1.82) is 0 Å². The van der Waals surface area contributed by atoms with Gasteiger partial charge in [-0.2, -0.15) is 0 Å². The number of pyridine rings is 1. The number of nitrogens with one attached hydrogen (secondary N) is 1. The SMILES string of the molecule is Cc1cnc(NCc2cocn2)c(Br)c1. The first-order chi connectivity index (χ1) is 7.25. The van der Waals surface area contributed by atoms with Gasteiger partial charge in [-0.1, -0.05) is 0 Å². The Balaban J connectivity index is 2.05. The zero-order valence-electron chi connectivity index (χ0n) is 8.20. The number of halogens is 1. The van der Waals surface area contributed by atoms with E-state index < -0.39 is 0 Å². The molecule has 2 aromatic heterocycles.